The molecule has 1 saturated heterocycles. The normalized spacial score (nSPS) is 15.5. The highest BCUT2D eigenvalue weighted by Crippen LogP contribution is 2.40. The van der Waals surface area contributed by atoms with Crippen LogP contribution in [0.1, 0.15) is 36.6 Å². The molecule has 3 aromatic rings. The molecule has 4 rings (SSSR count). The van der Waals surface area contributed by atoms with Gasteiger partial charge in [-0.05, 0) is 65.9 Å². The summed E-state index contributed by atoms with van der Waals surface area (Å²) in [6, 6.07) is 21.3. The Hall–Kier alpha value is -2.53. The third-order valence-corrected chi connectivity index (χ3v) is 5.82. The Morgan fingerprint density at radius 2 is 1.45 bits per heavy atom. The van der Waals surface area contributed by atoms with Gasteiger partial charge in [0.1, 0.15) is 11.6 Å². The maximum Gasteiger partial charge on any atom is 0.126 e. The number of likely N-dealkylation sites (tertiary alicyclic amines) is 1. The first-order chi connectivity index (χ1) is 14.7. The van der Waals surface area contributed by atoms with Crippen molar-refractivity contribution in [3.63, 3.8) is 0 Å². The van der Waals surface area contributed by atoms with E-state index in [-0.39, 0.29) is 6.04 Å². The molecule has 31 heavy (non-hydrogen) atoms. The monoisotopic (exact) mass is 439 g/mol. The molecule has 1 atom stereocenters. The molecule has 160 valence electrons. The topological polar surface area (TPSA) is 23.5 Å². The van der Waals surface area contributed by atoms with Gasteiger partial charge in [0.15, 0.2) is 0 Å². The van der Waals surface area contributed by atoms with Gasteiger partial charge in [0.2, 0.25) is 0 Å². The Labute approximate surface area is 186 Å². The molecule has 2 nitrogen and oxygen atoms in total. The van der Waals surface area contributed by atoms with Crippen LogP contribution in [0.15, 0.2) is 78.4 Å². The van der Waals surface area contributed by atoms with Crippen LogP contribution in [-0.4, -0.2) is 28.7 Å². The van der Waals surface area contributed by atoms with E-state index in [1.807, 2.05) is 42.5 Å². The van der Waals surface area contributed by atoms with Crippen molar-refractivity contribution in [3.8, 4) is 0 Å². The van der Waals surface area contributed by atoms with E-state index in [4.69, 9.17) is 11.6 Å². The van der Waals surface area contributed by atoms with E-state index in [0.717, 1.165) is 22.8 Å². The molecule has 1 aliphatic heterocycles. The quantitative estimate of drug-likeness (QED) is 0.508. The molecular weight excluding hydrogens is 416 g/mol. The molecule has 0 radical (unpaired) electrons. The molecule has 0 saturated carbocycles. The molecule has 0 amide bonds. The number of aliphatic hydroxyl groups is 1. The smallest absolute Gasteiger partial charge is 0.126 e. The van der Waals surface area contributed by atoms with E-state index in [1.165, 1.54) is 12.1 Å². The molecule has 0 aromatic heterocycles. The van der Waals surface area contributed by atoms with Gasteiger partial charge in [-0.2, -0.15) is 0 Å². The van der Waals surface area contributed by atoms with E-state index in [9.17, 15) is 13.9 Å². The second kappa shape index (κ2) is 8.54. The zero-order valence-electron chi connectivity index (χ0n) is 17.4. The number of nitrogens with zero attached hydrogens (tertiary/aromatic N) is 1. The van der Waals surface area contributed by atoms with Crippen molar-refractivity contribution in [3.05, 3.63) is 112 Å². The molecule has 3 aromatic carbocycles. The van der Waals surface area contributed by atoms with E-state index < -0.39 is 17.2 Å². The highest BCUT2D eigenvalue weighted by Gasteiger charge is 2.35. The minimum Gasteiger partial charge on any atom is -0.386 e. The molecule has 0 spiro atoms. The minimum absolute atomic E-state index is 0.00881. The SMILES string of the molecule is CC(C)(O)C(=C1CN(C(c2ccccc2)c2ccc(Cl)cc2)C1)c1cc(F)cc(F)c1. The number of benzene rings is 3. The lowest BCUT2D eigenvalue weighted by atomic mass is 9.82. The summed E-state index contributed by atoms with van der Waals surface area (Å²) in [7, 11) is 0. The first kappa shape index (κ1) is 21.7. The van der Waals surface area contributed by atoms with Gasteiger partial charge in [-0.25, -0.2) is 8.78 Å². The van der Waals surface area contributed by atoms with Crippen molar-refractivity contribution >= 4 is 17.2 Å². The summed E-state index contributed by atoms with van der Waals surface area (Å²) in [6.07, 6.45) is 0. The number of rotatable bonds is 5. The molecule has 1 unspecified atom stereocenters. The Bertz CT molecular complexity index is 1080. The first-order valence-corrected chi connectivity index (χ1v) is 10.6. The standard InChI is InChI=1S/C26H24ClF2NO/c1-26(2,31)24(19-12-22(28)14-23(29)13-19)20-15-30(16-20)25(17-6-4-3-5-7-17)18-8-10-21(27)11-9-18/h3-14,25,31H,15-16H2,1-2H3. The maximum atomic E-state index is 13.9. The van der Waals surface area contributed by atoms with Crippen LogP contribution in [0.2, 0.25) is 5.02 Å². The van der Waals surface area contributed by atoms with Gasteiger partial charge in [-0.15, -0.1) is 0 Å². The van der Waals surface area contributed by atoms with Gasteiger partial charge in [-0.1, -0.05) is 54.1 Å². The van der Waals surface area contributed by atoms with Crippen molar-refractivity contribution in [1.29, 1.82) is 0 Å². The third-order valence-electron chi connectivity index (χ3n) is 5.57. The lowest BCUT2D eigenvalue weighted by Gasteiger charge is -2.44. The third kappa shape index (κ3) is 4.72. The van der Waals surface area contributed by atoms with Crippen LogP contribution in [-0.2, 0) is 0 Å². The molecule has 1 heterocycles. The maximum absolute atomic E-state index is 13.9. The Balaban J connectivity index is 1.71. The Morgan fingerprint density at radius 1 is 0.903 bits per heavy atom. The Morgan fingerprint density at radius 3 is 2.00 bits per heavy atom. The van der Waals surface area contributed by atoms with Gasteiger partial charge >= 0.3 is 0 Å². The predicted molar refractivity (Wildman–Crippen MR) is 121 cm³/mol. The van der Waals surface area contributed by atoms with Crippen LogP contribution in [0.4, 0.5) is 8.78 Å². The number of hydrogen-bond donors (Lipinski definition) is 1. The van der Waals surface area contributed by atoms with E-state index in [0.29, 0.717) is 29.2 Å². The van der Waals surface area contributed by atoms with Gasteiger partial charge in [0.25, 0.3) is 0 Å². The molecule has 5 heteroatoms. The number of halogens is 3. The van der Waals surface area contributed by atoms with Crippen LogP contribution in [0.5, 0.6) is 0 Å². The summed E-state index contributed by atoms with van der Waals surface area (Å²) in [4.78, 5) is 2.27. The highest BCUT2D eigenvalue weighted by atomic mass is 35.5. The summed E-state index contributed by atoms with van der Waals surface area (Å²) in [5.41, 5.74) is 2.94. The van der Waals surface area contributed by atoms with Crippen molar-refractivity contribution in [1.82, 2.24) is 4.90 Å². The van der Waals surface area contributed by atoms with Gasteiger partial charge in [0, 0.05) is 24.2 Å². The highest BCUT2D eigenvalue weighted by molar-refractivity contribution is 6.30. The zero-order valence-corrected chi connectivity index (χ0v) is 18.2. The fourth-order valence-corrected chi connectivity index (χ4v) is 4.49. The largest absolute Gasteiger partial charge is 0.386 e. The van der Waals surface area contributed by atoms with Crippen molar-refractivity contribution in [2.75, 3.05) is 13.1 Å². The van der Waals surface area contributed by atoms with Crippen molar-refractivity contribution < 1.29 is 13.9 Å². The van der Waals surface area contributed by atoms with E-state index in [2.05, 4.69) is 17.0 Å². The van der Waals surface area contributed by atoms with Crippen LogP contribution in [0.3, 0.4) is 0 Å². The van der Waals surface area contributed by atoms with Crippen LogP contribution in [0, 0.1) is 11.6 Å². The van der Waals surface area contributed by atoms with Crippen LogP contribution < -0.4 is 0 Å². The fourth-order valence-electron chi connectivity index (χ4n) is 4.37. The van der Waals surface area contributed by atoms with Crippen molar-refractivity contribution in [2.24, 2.45) is 0 Å². The van der Waals surface area contributed by atoms with Crippen LogP contribution >= 0.6 is 11.6 Å². The summed E-state index contributed by atoms with van der Waals surface area (Å²) in [6.45, 7) is 4.46. The summed E-state index contributed by atoms with van der Waals surface area (Å²) < 4.78 is 27.8. The minimum atomic E-state index is -1.23. The fraction of sp³-hybridized carbons (Fsp3) is 0.231. The second-order valence-corrected chi connectivity index (χ2v) is 8.90. The predicted octanol–water partition coefficient (Wildman–Crippen LogP) is 6.25. The summed E-state index contributed by atoms with van der Waals surface area (Å²) in [5, 5.41) is 11.5. The molecular formula is C26H24ClF2NO. The first-order valence-electron chi connectivity index (χ1n) is 10.2. The molecule has 0 bridgehead atoms. The average molecular weight is 440 g/mol. The average Bonchev–Trinajstić information content (AvgIpc) is 2.66. The van der Waals surface area contributed by atoms with Gasteiger partial charge in [0.05, 0.1) is 11.6 Å². The van der Waals surface area contributed by atoms with Crippen LogP contribution in [0.25, 0.3) is 5.57 Å². The lowest BCUT2D eigenvalue weighted by molar-refractivity contribution is 0.136. The van der Waals surface area contributed by atoms with E-state index in [1.54, 1.807) is 13.8 Å². The summed E-state index contributed by atoms with van der Waals surface area (Å²) >= 11 is 6.09. The second-order valence-electron chi connectivity index (χ2n) is 8.47. The summed E-state index contributed by atoms with van der Waals surface area (Å²) in [5.74, 6) is -1.31. The molecule has 1 N–H and O–H groups in total. The van der Waals surface area contributed by atoms with E-state index >= 15 is 0 Å². The zero-order chi connectivity index (χ0) is 22.2. The van der Waals surface area contributed by atoms with Gasteiger partial charge in [-0.3, -0.25) is 4.90 Å². The molecule has 0 aliphatic carbocycles. The van der Waals surface area contributed by atoms with Crippen molar-refractivity contribution in [2.45, 2.75) is 25.5 Å². The number of hydrogen-bond acceptors (Lipinski definition) is 2. The molecule has 1 aliphatic rings. The lowest BCUT2D eigenvalue weighted by Crippen LogP contribution is -2.45. The Kier molecular flexibility index (Phi) is 5.98. The van der Waals surface area contributed by atoms with Gasteiger partial charge < -0.3 is 5.11 Å². The molecule has 1 fully saturated rings.